The number of hydrogen-bond donors (Lipinski definition) is 2. The van der Waals surface area contributed by atoms with Crippen LogP contribution >= 0.6 is 0 Å². The molecule has 6 nitrogen and oxygen atoms in total. The van der Waals surface area contributed by atoms with Crippen LogP contribution in [0.25, 0.3) is 0 Å². The molecule has 0 spiro atoms. The van der Waals surface area contributed by atoms with Crippen LogP contribution in [-0.4, -0.2) is 46.0 Å². The van der Waals surface area contributed by atoms with Crippen LogP contribution in [0, 0.1) is 0 Å². The Hall–Kier alpha value is -1.95. The summed E-state index contributed by atoms with van der Waals surface area (Å²) in [7, 11) is 3.46. The van der Waals surface area contributed by atoms with E-state index in [2.05, 4.69) is 21.7 Å². The van der Waals surface area contributed by atoms with Crippen LogP contribution < -0.4 is 20.1 Å². The van der Waals surface area contributed by atoms with Crippen molar-refractivity contribution in [2.24, 2.45) is 4.99 Å². The van der Waals surface area contributed by atoms with E-state index < -0.39 is 0 Å². The van der Waals surface area contributed by atoms with Crippen molar-refractivity contribution in [3.8, 4) is 11.5 Å². The van der Waals surface area contributed by atoms with Crippen molar-refractivity contribution in [1.82, 2.24) is 10.6 Å². The van der Waals surface area contributed by atoms with Gasteiger partial charge in [0.25, 0.3) is 0 Å². The molecule has 0 bridgehead atoms. The zero-order valence-corrected chi connectivity index (χ0v) is 16.3. The molecule has 0 amide bonds. The zero-order valence-electron chi connectivity index (χ0n) is 16.3. The number of aliphatic imine (C=N–C) groups is 1. The maximum atomic E-state index is 6.28. The second-order valence-corrected chi connectivity index (χ2v) is 6.38. The van der Waals surface area contributed by atoms with Crippen molar-refractivity contribution in [2.45, 2.75) is 51.7 Å². The lowest BCUT2D eigenvalue weighted by Gasteiger charge is -2.20. The van der Waals surface area contributed by atoms with E-state index in [-0.39, 0.29) is 0 Å². The van der Waals surface area contributed by atoms with Crippen LogP contribution in [0.2, 0.25) is 0 Å². The predicted molar refractivity (Wildman–Crippen MR) is 105 cm³/mol. The summed E-state index contributed by atoms with van der Waals surface area (Å²) in [5, 5.41) is 6.66. The van der Waals surface area contributed by atoms with Crippen LogP contribution in [0.15, 0.2) is 23.2 Å². The molecule has 0 radical (unpaired) electrons. The van der Waals surface area contributed by atoms with Gasteiger partial charge in [-0.3, -0.25) is 4.99 Å². The number of nitrogens with zero attached hydrogens (tertiary/aromatic N) is 1. The van der Waals surface area contributed by atoms with Crippen molar-refractivity contribution in [2.75, 3.05) is 33.9 Å². The second-order valence-electron chi connectivity index (χ2n) is 6.38. The van der Waals surface area contributed by atoms with Crippen LogP contribution in [0.3, 0.4) is 0 Å². The molecule has 0 atom stereocenters. The molecule has 1 aliphatic rings. The highest BCUT2D eigenvalue weighted by Gasteiger charge is 2.20. The molecule has 1 saturated carbocycles. The first kappa shape index (κ1) is 20.4. The number of guanidine groups is 1. The fourth-order valence-corrected chi connectivity index (χ4v) is 3.09. The SMILES string of the molecule is CCOCCCNC(=NC)NCc1cccc(OC)c1OC1CCCC1. The Bertz CT molecular complexity index is 557. The number of hydrogen-bond acceptors (Lipinski definition) is 4. The highest BCUT2D eigenvalue weighted by atomic mass is 16.5. The van der Waals surface area contributed by atoms with Gasteiger partial charge in [-0.15, -0.1) is 0 Å². The van der Waals surface area contributed by atoms with Gasteiger partial charge in [0, 0.05) is 38.9 Å². The van der Waals surface area contributed by atoms with E-state index >= 15 is 0 Å². The first-order valence-corrected chi connectivity index (χ1v) is 9.63. The number of methoxy groups -OCH3 is 1. The summed E-state index contributed by atoms with van der Waals surface area (Å²) in [5.41, 5.74) is 1.08. The molecule has 0 unspecified atom stereocenters. The highest BCUT2D eigenvalue weighted by Crippen LogP contribution is 2.34. The van der Waals surface area contributed by atoms with Gasteiger partial charge in [-0.25, -0.2) is 0 Å². The Morgan fingerprint density at radius 2 is 2.04 bits per heavy atom. The van der Waals surface area contributed by atoms with Crippen molar-refractivity contribution in [3.63, 3.8) is 0 Å². The Kier molecular flexibility index (Phi) is 9.10. The van der Waals surface area contributed by atoms with Crippen molar-refractivity contribution >= 4 is 5.96 Å². The van der Waals surface area contributed by atoms with E-state index in [9.17, 15) is 0 Å². The molecule has 1 aliphatic carbocycles. The molecule has 1 fully saturated rings. The molecule has 1 aromatic carbocycles. The lowest BCUT2D eigenvalue weighted by molar-refractivity contribution is 0.145. The molecule has 26 heavy (non-hydrogen) atoms. The molecule has 146 valence electrons. The fourth-order valence-electron chi connectivity index (χ4n) is 3.09. The van der Waals surface area contributed by atoms with E-state index in [0.717, 1.165) is 62.0 Å². The van der Waals surface area contributed by atoms with Crippen LogP contribution in [0.1, 0.15) is 44.6 Å². The van der Waals surface area contributed by atoms with E-state index in [0.29, 0.717) is 12.6 Å². The van der Waals surface area contributed by atoms with Gasteiger partial charge in [-0.1, -0.05) is 12.1 Å². The second kappa shape index (κ2) is 11.6. The third-order valence-corrected chi connectivity index (χ3v) is 4.50. The van der Waals surface area contributed by atoms with Gasteiger partial charge in [-0.05, 0) is 45.1 Å². The molecule has 0 aliphatic heterocycles. The third kappa shape index (κ3) is 6.41. The first-order chi connectivity index (χ1) is 12.8. The maximum absolute atomic E-state index is 6.28. The fraction of sp³-hybridized carbons (Fsp3) is 0.650. The minimum absolute atomic E-state index is 0.293. The molecule has 0 heterocycles. The lowest BCUT2D eigenvalue weighted by atomic mass is 10.1. The number of nitrogens with one attached hydrogen (secondary N) is 2. The Balaban J connectivity index is 1.92. The number of rotatable bonds is 10. The minimum Gasteiger partial charge on any atom is -0.493 e. The molecular formula is C20H33N3O3. The lowest BCUT2D eigenvalue weighted by Crippen LogP contribution is -2.37. The molecular weight excluding hydrogens is 330 g/mol. The highest BCUT2D eigenvalue weighted by molar-refractivity contribution is 5.79. The van der Waals surface area contributed by atoms with Gasteiger partial charge >= 0.3 is 0 Å². The Morgan fingerprint density at radius 3 is 2.73 bits per heavy atom. The maximum Gasteiger partial charge on any atom is 0.191 e. The normalized spacial score (nSPS) is 15.1. The summed E-state index contributed by atoms with van der Waals surface area (Å²) >= 11 is 0. The Labute approximate surface area is 157 Å². The quantitative estimate of drug-likeness (QED) is 0.380. The van der Waals surface area contributed by atoms with Gasteiger partial charge in [-0.2, -0.15) is 0 Å². The average molecular weight is 364 g/mol. The standard InChI is InChI=1S/C20H33N3O3/c1-4-25-14-8-13-22-20(21-2)23-15-16-9-7-12-18(24-3)19(16)26-17-10-5-6-11-17/h7,9,12,17H,4-6,8,10-11,13-15H2,1-3H3,(H2,21,22,23). The van der Waals surface area contributed by atoms with Gasteiger partial charge < -0.3 is 24.8 Å². The smallest absolute Gasteiger partial charge is 0.191 e. The summed E-state index contributed by atoms with van der Waals surface area (Å²) in [6.07, 6.45) is 5.96. The van der Waals surface area contributed by atoms with Crippen molar-refractivity contribution in [3.05, 3.63) is 23.8 Å². The zero-order chi connectivity index (χ0) is 18.6. The first-order valence-electron chi connectivity index (χ1n) is 9.63. The van der Waals surface area contributed by atoms with E-state index in [1.165, 1.54) is 12.8 Å². The largest absolute Gasteiger partial charge is 0.493 e. The van der Waals surface area contributed by atoms with E-state index in [4.69, 9.17) is 14.2 Å². The average Bonchev–Trinajstić information content (AvgIpc) is 3.18. The summed E-state index contributed by atoms with van der Waals surface area (Å²) < 4.78 is 17.1. The molecule has 0 aromatic heterocycles. The number of benzene rings is 1. The number of ether oxygens (including phenoxy) is 3. The number of para-hydroxylation sites is 1. The monoisotopic (exact) mass is 363 g/mol. The Morgan fingerprint density at radius 1 is 1.23 bits per heavy atom. The van der Waals surface area contributed by atoms with E-state index in [1.807, 2.05) is 19.1 Å². The predicted octanol–water partition coefficient (Wildman–Crippen LogP) is 3.11. The van der Waals surface area contributed by atoms with Gasteiger partial charge in [0.05, 0.1) is 13.2 Å². The summed E-state index contributed by atoms with van der Waals surface area (Å²) in [6.45, 7) is 4.98. The van der Waals surface area contributed by atoms with Crippen molar-refractivity contribution in [1.29, 1.82) is 0 Å². The molecule has 1 aromatic rings. The van der Waals surface area contributed by atoms with Crippen molar-refractivity contribution < 1.29 is 14.2 Å². The topological polar surface area (TPSA) is 64.1 Å². The third-order valence-electron chi connectivity index (χ3n) is 4.50. The van der Waals surface area contributed by atoms with Gasteiger partial charge in [0.15, 0.2) is 17.5 Å². The van der Waals surface area contributed by atoms with Crippen LogP contribution in [-0.2, 0) is 11.3 Å². The molecule has 0 saturated heterocycles. The van der Waals surface area contributed by atoms with Gasteiger partial charge in [0.2, 0.25) is 0 Å². The van der Waals surface area contributed by atoms with E-state index in [1.54, 1.807) is 14.2 Å². The molecule has 2 N–H and O–H groups in total. The summed E-state index contributed by atoms with van der Waals surface area (Å²) in [4.78, 5) is 4.28. The molecule has 6 heteroatoms. The van der Waals surface area contributed by atoms with Gasteiger partial charge in [0.1, 0.15) is 0 Å². The summed E-state index contributed by atoms with van der Waals surface area (Å²) in [6, 6.07) is 6.02. The van der Waals surface area contributed by atoms with Crippen LogP contribution in [0.4, 0.5) is 0 Å². The summed E-state index contributed by atoms with van der Waals surface area (Å²) in [5.74, 6) is 2.41. The van der Waals surface area contributed by atoms with Crippen LogP contribution in [0.5, 0.6) is 11.5 Å². The molecule has 2 rings (SSSR count). The minimum atomic E-state index is 0.293.